The summed E-state index contributed by atoms with van der Waals surface area (Å²) in [6.45, 7) is 3.03. The molecular formula is C21H25ClN2O2. The molecule has 0 spiro atoms. The van der Waals surface area contributed by atoms with Crippen molar-refractivity contribution in [2.45, 2.75) is 19.4 Å². The van der Waals surface area contributed by atoms with E-state index in [9.17, 15) is 4.79 Å². The van der Waals surface area contributed by atoms with Crippen LogP contribution in [0, 0.1) is 5.92 Å². The molecule has 0 unspecified atom stereocenters. The highest BCUT2D eigenvalue weighted by molar-refractivity contribution is 6.30. The number of likely N-dealkylation sites (tertiary alicyclic amines) is 1. The molecule has 0 saturated carbocycles. The molecule has 2 aromatic carbocycles. The van der Waals surface area contributed by atoms with Gasteiger partial charge in [0.2, 0.25) is 0 Å². The number of rotatable bonds is 6. The second kappa shape index (κ2) is 9.06. The van der Waals surface area contributed by atoms with Crippen LogP contribution >= 0.6 is 11.6 Å². The summed E-state index contributed by atoms with van der Waals surface area (Å²) in [7, 11) is 1.98. The first kappa shape index (κ1) is 18.7. The van der Waals surface area contributed by atoms with Gasteiger partial charge in [-0.05, 0) is 62.2 Å². The molecule has 3 rings (SSSR count). The van der Waals surface area contributed by atoms with Crippen molar-refractivity contribution in [3.63, 3.8) is 0 Å². The minimum Gasteiger partial charge on any atom is -0.488 e. The quantitative estimate of drug-likeness (QED) is 0.833. The first-order chi connectivity index (χ1) is 12.7. The smallest absolute Gasteiger partial charge is 0.257 e. The summed E-state index contributed by atoms with van der Waals surface area (Å²) in [5.74, 6) is 1.34. The van der Waals surface area contributed by atoms with E-state index in [2.05, 4.69) is 5.32 Å². The van der Waals surface area contributed by atoms with Gasteiger partial charge in [0.25, 0.3) is 5.91 Å². The van der Waals surface area contributed by atoms with Crippen LogP contribution in [0.2, 0.25) is 5.02 Å². The van der Waals surface area contributed by atoms with E-state index in [1.807, 2.05) is 60.5 Å². The SMILES string of the molecule is CNCC1CCN(C(=O)c2ccccc2OCc2ccc(Cl)cc2)CC1. The number of nitrogens with one attached hydrogen (secondary N) is 1. The molecular weight excluding hydrogens is 348 g/mol. The number of carbonyl (C=O) groups is 1. The molecule has 2 aromatic rings. The summed E-state index contributed by atoms with van der Waals surface area (Å²) >= 11 is 5.92. The maximum absolute atomic E-state index is 13.0. The predicted octanol–water partition coefficient (Wildman–Crippen LogP) is 3.99. The van der Waals surface area contributed by atoms with Crippen molar-refractivity contribution in [2.24, 2.45) is 5.92 Å². The largest absolute Gasteiger partial charge is 0.488 e. The first-order valence-electron chi connectivity index (χ1n) is 9.07. The average molecular weight is 373 g/mol. The van der Waals surface area contributed by atoms with E-state index in [0.717, 1.165) is 38.0 Å². The number of amides is 1. The minimum atomic E-state index is 0.0552. The second-order valence-corrected chi connectivity index (χ2v) is 7.14. The van der Waals surface area contributed by atoms with Gasteiger partial charge in [-0.2, -0.15) is 0 Å². The third-order valence-electron chi connectivity index (χ3n) is 4.82. The van der Waals surface area contributed by atoms with Crippen molar-refractivity contribution in [2.75, 3.05) is 26.7 Å². The molecule has 0 aliphatic carbocycles. The molecule has 4 nitrogen and oxygen atoms in total. The summed E-state index contributed by atoms with van der Waals surface area (Å²) in [6, 6.07) is 15.0. The summed E-state index contributed by atoms with van der Waals surface area (Å²) in [5, 5.41) is 3.93. The number of hydrogen-bond donors (Lipinski definition) is 1. The molecule has 0 aromatic heterocycles. The Morgan fingerprint density at radius 1 is 1.15 bits per heavy atom. The maximum atomic E-state index is 13.0. The summed E-state index contributed by atoms with van der Waals surface area (Å²) in [4.78, 5) is 14.9. The van der Waals surface area contributed by atoms with Crippen LogP contribution < -0.4 is 10.1 Å². The Balaban J connectivity index is 1.64. The molecule has 1 fully saturated rings. The summed E-state index contributed by atoms with van der Waals surface area (Å²) in [5.41, 5.74) is 1.65. The Hall–Kier alpha value is -2.04. The van der Waals surface area contributed by atoms with Gasteiger partial charge in [-0.15, -0.1) is 0 Å². The van der Waals surface area contributed by atoms with Crippen LogP contribution in [0.5, 0.6) is 5.75 Å². The van der Waals surface area contributed by atoms with Gasteiger partial charge in [0.15, 0.2) is 0 Å². The van der Waals surface area contributed by atoms with Crippen molar-refractivity contribution in [3.8, 4) is 5.75 Å². The van der Waals surface area contributed by atoms with E-state index in [-0.39, 0.29) is 5.91 Å². The lowest BCUT2D eigenvalue weighted by molar-refractivity contribution is 0.0686. The lowest BCUT2D eigenvalue weighted by Crippen LogP contribution is -2.40. The number of benzene rings is 2. The molecule has 1 amide bonds. The maximum Gasteiger partial charge on any atom is 0.257 e. The zero-order valence-electron chi connectivity index (χ0n) is 15.1. The fourth-order valence-corrected chi connectivity index (χ4v) is 3.44. The van der Waals surface area contributed by atoms with Crippen LogP contribution in [0.3, 0.4) is 0 Å². The Kier molecular flexibility index (Phi) is 6.53. The van der Waals surface area contributed by atoms with Gasteiger partial charge in [-0.3, -0.25) is 4.79 Å². The average Bonchev–Trinajstić information content (AvgIpc) is 2.68. The van der Waals surface area contributed by atoms with Crippen molar-refractivity contribution < 1.29 is 9.53 Å². The van der Waals surface area contributed by atoms with Crippen molar-refractivity contribution >= 4 is 17.5 Å². The number of piperidine rings is 1. The second-order valence-electron chi connectivity index (χ2n) is 6.70. The highest BCUT2D eigenvalue weighted by Crippen LogP contribution is 2.24. The van der Waals surface area contributed by atoms with Crippen LogP contribution in [0.25, 0.3) is 0 Å². The molecule has 5 heteroatoms. The van der Waals surface area contributed by atoms with Gasteiger partial charge in [-0.25, -0.2) is 0 Å². The Morgan fingerprint density at radius 2 is 1.85 bits per heavy atom. The van der Waals surface area contributed by atoms with Crippen molar-refractivity contribution in [3.05, 3.63) is 64.7 Å². The van der Waals surface area contributed by atoms with Gasteiger partial charge in [0.05, 0.1) is 5.56 Å². The molecule has 0 atom stereocenters. The number of hydrogen-bond acceptors (Lipinski definition) is 3. The standard InChI is InChI=1S/C21H25ClN2O2/c1-23-14-16-10-12-24(13-11-16)21(25)19-4-2-3-5-20(19)26-15-17-6-8-18(22)9-7-17/h2-9,16,23H,10-15H2,1H3. The van der Waals surface area contributed by atoms with Gasteiger partial charge in [0, 0.05) is 18.1 Å². The molecule has 1 heterocycles. The highest BCUT2D eigenvalue weighted by atomic mass is 35.5. The zero-order chi connectivity index (χ0) is 18.4. The molecule has 1 saturated heterocycles. The van der Waals surface area contributed by atoms with Crippen molar-refractivity contribution in [1.29, 1.82) is 0 Å². The number of nitrogens with zero attached hydrogens (tertiary/aromatic N) is 1. The van der Waals surface area contributed by atoms with Gasteiger partial charge < -0.3 is 15.0 Å². The van der Waals surface area contributed by atoms with Gasteiger partial charge in [0.1, 0.15) is 12.4 Å². The fourth-order valence-electron chi connectivity index (χ4n) is 3.31. The summed E-state index contributed by atoms with van der Waals surface area (Å²) in [6.07, 6.45) is 2.08. The number of para-hydroxylation sites is 1. The zero-order valence-corrected chi connectivity index (χ0v) is 15.8. The van der Waals surface area contributed by atoms with E-state index >= 15 is 0 Å². The van der Waals surface area contributed by atoms with Crippen LogP contribution in [-0.2, 0) is 6.61 Å². The van der Waals surface area contributed by atoms with E-state index in [1.165, 1.54) is 0 Å². The molecule has 1 N–H and O–H groups in total. The van der Waals surface area contributed by atoms with Crippen LogP contribution in [0.4, 0.5) is 0 Å². The Bertz CT molecular complexity index is 725. The normalized spacial score (nSPS) is 15.1. The molecule has 138 valence electrons. The van der Waals surface area contributed by atoms with E-state index in [4.69, 9.17) is 16.3 Å². The van der Waals surface area contributed by atoms with Gasteiger partial charge in [-0.1, -0.05) is 35.9 Å². The van der Waals surface area contributed by atoms with E-state index in [0.29, 0.717) is 28.9 Å². The number of ether oxygens (including phenoxy) is 1. The summed E-state index contributed by atoms with van der Waals surface area (Å²) < 4.78 is 5.93. The molecule has 0 bridgehead atoms. The Labute approximate surface area is 160 Å². The predicted molar refractivity (Wildman–Crippen MR) is 105 cm³/mol. The highest BCUT2D eigenvalue weighted by Gasteiger charge is 2.25. The topological polar surface area (TPSA) is 41.6 Å². The first-order valence-corrected chi connectivity index (χ1v) is 9.45. The molecule has 1 aliphatic rings. The third-order valence-corrected chi connectivity index (χ3v) is 5.07. The monoisotopic (exact) mass is 372 g/mol. The van der Waals surface area contributed by atoms with Crippen molar-refractivity contribution in [1.82, 2.24) is 10.2 Å². The molecule has 1 aliphatic heterocycles. The van der Waals surface area contributed by atoms with E-state index in [1.54, 1.807) is 0 Å². The van der Waals surface area contributed by atoms with E-state index < -0.39 is 0 Å². The van der Waals surface area contributed by atoms with Gasteiger partial charge >= 0.3 is 0 Å². The fraction of sp³-hybridized carbons (Fsp3) is 0.381. The lowest BCUT2D eigenvalue weighted by Gasteiger charge is -2.32. The number of carbonyl (C=O) groups excluding carboxylic acids is 1. The van der Waals surface area contributed by atoms with Crippen LogP contribution in [0.1, 0.15) is 28.8 Å². The molecule has 26 heavy (non-hydrogen) atoms. The van der Waals surface area contributed by atoms with Crippen LogP contribution in [0.15, 0.2) is 48.5 Å². The van der Waals surface area contributed by atoms with Crippen LogP contribution in [-0.4, -0.2) is 37.5 Å². The lowest BCUT2D eigenvalue weighted by atomic mass is 9.96. The third kappa shape index (κ3) is 4.77. The Morgan fingerprint density at radius 3 is 2.54 bits per heavy atom. The number of halogens is 1. The minimum absolute atomic E-state index is 0.0552. The molecule has 0 radical (unpaired) electrons.